The normalized spacial score (nSPS) is 25.4. The predicted molar refractivity (Wildman–Crippen MR) is 151 cm³/mol. The lowest BCUT2D eigenvalue weighted by atomic mass is 9.93. The van der Waals surface area contributed by atoms with Gasteiger partial charge in [-0.2, -0.15) is 0 Å². The molecule has 0 aliphatic carbocycles. The number of morpholine rings is 1. The second-order valence-electron chi connectivity index (χ2n) is 11.6. The summed E-state index contributed by atoms with van der Waals surface area (Å²) in [6.45, 7) is 9.05. The van der Waals surface area contributed by atoms with E-state index in [1.807, 2.05) is 13.0 Å². The van der Waals surface area contributed by atoms with Crippen LogP contribution in [0.15, 0.2) is 29.2 Å². The Morgan fingerprint density at radius 1 is 1.15 bits per heavy atom. The largest absolute Gasteiger partial charge is 0.389 e. The van der Waals surface area contributed by atoms with Crippen LogP contribution in [-0.2, 0) is 16.0 Å². The van der Waals surface area contributed by atoms with Crippen LogP contribution < -0.4 is 10.7 Å². The van der Waals surface area contributed by atoms with E-state index in [4.69, 9.17) is 9.47 Å². The molecule has 1 aromatic carbocycles. The van der Waals surface area contributed by atoms with Crippen molar-refractivity contribution >= 4 is 16.9 Å². The Bertz CT molecular complexity index is 1440. The van der Waals surface area contributed by atoms with E-state index >= 15 is 4.39 Å². The number of piperidine rings is 1. The first-order chi connectivity index (χ1) is 19.3. The van der Waals surface area contributed by atoms with Crippen LogP contribution in [0, 0.1) is 12.7 Å². The number of rotatable bonds is 6. The summed E-state index contributed by atoms with van der Waals surface area (Å²) in [6, 6.07) is 5.93. The van der Waals surface area contributed by atoms with Crippen LogP contribution in [0.1, 0.15) is 56.8 Å². The van der Waals surface area contributed by atoms with Gasteiger partial charge in [-0.1, -0.05) is 12.5 Å². The zero-order valence-electron chi connectivity index (χ0n) is 23.4. The minimum Gasteiger partial charge on any atom is -0.389 e. The van der Waals surface area contributed by atoms with Crippen LogP contribution >= 0.6 is 0 Å². The van der Waals surface area contributed by atoms with Gasteiger partial charge in [0.25, 0.3) is 0 Å². The van der Waals surface area contributed by atoms with E-state index in [-0.39, 0.29) is 35.8 Å². The fraction of sp³-hybridized carbons (Fsp3) is 0.567. The monoisotopic (exact) mass is 551 g/mol. The van der Waals surface area contributed by atoms with E-state index in [0.29, 0.717) is 42.6 Å². The van der Waals surface area contributed by atoms with Crippen molar-refractivity contribution < 1.29 is 19.0 Å². The molecule has 0 saturated carbocycles. The molecule has 2 unspecified atom stereocenters. The second kappa shape index (κ2) is 11.2. The zero-order valence-corrected chi connectivity index (χ0v) is 23.4. The molecule has 5 heterocycles. The number of fused-ring (bicyclic) bond motifs is 3. The van der Waals surface area contributed by atoms with Crippen molar-refractivity contribution in [3.8, 4) is 11.3 Å². The molecule has 0 radical (unpaired) electrons. The first-order valence-corrected chi connectivity index (χ1v) is 14.4. The lowest BCUT2D eigenvalue weighted by Gasteiger charge is -2.46. The van der Waals surface area contributed by atoms with Crippen molar-refractivity contribution in [3.63, 3.8) is 0 Å². The molecular formula is C30H38FN5O4. The summed E-state index contributed by atoms with van der Waals surface area (Å²) in [7, 11) is 0. The van der Waals surface area contributed by atoms with Crippen molar-refractivity contribution in [3.05, 3.63) is 51.7 Å². The molecule has 3 aliphatic heterocycles. The number of benzene rings is 1. The highest BCUT2D eigenvalue weighted by atomic mass is 19.1. The van der Waals surface area contributed by atoms with E-state index in [0.717, 1.165) is 49.0 Å². The van der Waals surface area contributed by atoms with Crippen molar-refractivity contribution in [2.24, 2.45) is 0 Å². The Hall–Kier alpha value is -2.92. The molecule has 3 saturated heterocycles. The van der Waals surface area contributed by atoms with Gasteiger partial charge in [0, 0.05) is 53.5 Å². The highest BCUT2D eigenvalue weighted by Crippen LogP contribution is 2.32. The third-order valence-corrected chi connectivity index (χ3v) is 8.71. The summed E-state index contributed by atoms with van der Waals surface area (Å²) in [5.41, 5.74) is 3.24. The number of pyridine rings is 1. The van der Waals surface area contributed by atoms with E-state index < -0.39 is 11.9 Å². The third-order valence-electron chi connectivity index (χ3n) is 8.71. The Balaban J connectivity index is 1.42. The van der Waals surface area contributed by atoms with E-state index in [1.165, 1.54) is 6.42 Å². The molecule has 2 N–H and O–H groups in total. The Morgan fingerprint density at radius 3 is 2.65 bits per heavy atom. The van der Waals surface area contributed by atoms with Gasteiger partial charge in [-0.25, -0.2) is 14.4 Å². The van der Waals surface area contributed by atoms with Gasteiger partial charge in [0.2, 0.25) is 5.95 Å². The maximum atomic E-state index is 15.1. The zero-order chi connectivity index (χ0) is 28.0. The van der Waals surface area contributed by atoms with Gasteiger partial charge < -0.3 is 24.5 Å². The molecule has 0 amide bonds. The van der Waals surface area contributed by atoms with E-state index in [2.05, 4.69) is 38.6 Å². The lowest BCUT2D eigenvalue weighted by molar-refractivity contribution is -0.0784. The highest BCUT2D eigenvalue weighted by molar-refractivity contribution is 5.85. The fourth-order valence-corrected chi connectivity index (χ4v) is 6.56. The molecular weight excluding hydrogens is 513 g/mol. The highest BCUT2D eigenvalue weighted by Gasteiger charge is 2.35. The van der Waals surface area contributed by atoms with Gasteiger partial charge in [-0.15, -0.1) is 0 Å². The van der Waals surface area contributed by atoms with E-state index in [9.17, 15) is 9.90 Å². The average Bonchev–Trinajstić information content (AvgIpc) is 2.93. The van der Waals surface area contributed by atoms with Crippen LogP contribution in [0.5, 0.6) is 0 Å². The molecule has 6 rings (SSSR count). The summed E-state index contributed by atoms with van der Waals surface area (Å²) in [4.78, 5) is 24.8. The van der Waals surface area contributed by atoms with Gasteiger partial charge in [0.15, 0.2) is 11.2 Å². The minimum absolute atomic E-state index is 0.00545. The van der Waals surface area contributed by atoms with E-state index in [1.54, 1.807) is 12.1 Å². The summed E-state index contributed by atoms with van der Waals surface area (Å²) < 4.78 is 28.5. The van der Waals surface area contributed by atoms with Gasteiger partial charge >= 0.3 is 0 Å². The number of halogens is 1. The van der Waals surface area contributed by atoms with Crippen LogP contribution in [0.3, 0.4) is 0 Å². The van der Waals surface area contributed by atoms with Crippen molar-refractivity contribution in [1.29, 1.82) is 0 Å². The number of ether oxygens (including phenoxy) is 2. The van der Waals surface area contributed by atoms with Gasteiger partial charge in [0.1, 0.15) is 5.69 Å². The molecule has 3 aromatic rings. The summed E-state index contributed by atoms with van der Waals surface area (Å²) in [6.07, 6.45) is 4.47. The van der Waals surface area contributed by atoms with Gasteiger partial charge in [-0.3, -0.25) is 9.69 Å². The first kappa shape index (κ1) is 27.3. The summed E-state index contributed by atoms with van der Waals surface area (Å²) in [5.74, 6) is -0.309. The maximum Gasteiger partial charge on any atom is 0.223 e. The minimum atomic E-state index is -0.695. The predicted octanol–water partition coefficient (Wildman–Crippen LogP) is 3.80. The lowest BCUT2D eigenvalue weighted by Crippen LogP contribution is -2.54. The fourth-order valence-electron chi connectivity index (χ4n) is 6.56. The van der Waals surface area contributed by atoms with Gasteiger partial charge in [-0.05, 0) is 52.2 Å². The SMILES string of the molecule is Cc1c(CN2C3CCCC2COC3)n(C(C)C)c2cc(-c3nc(N[C@@H]4CCOC[C@H]4O)ncc3F)ccc2c1=O. The van der Waals surface area contributed by atoms with Crippen LogP contribution in [0.25, 0.3) is 22.2 Å². The van der Waals surface area contributed by atoms with Crippen molar-refractivity contribution in [1.82, 2.24) is 19.4 Å². The molecule has 3 aliphatic rings. The molecule has 214 valence electrons. The van der Waals surface area contributed by atoms with Crippen LogP contribution in [0.4, 0.5) is 10.3 Å². The van der Waals surface area contributed by atoms with Crippen LogP contribution in [0.2, 0.25) is 0 Å². The Kier molecular flexibility index (Phi) is 7.60. The van der Waals surface area contributed by atoms with Crippen molar-refractivity contribution in [2.45, 2.75) is 83.3 Å². The smallest absolute Gasteiger partial charge is 0.223 e. The molecule has 4 atom stereocenters. The first-order valence-electron chi connectivity index (χ1n) is 14.4. The summed E-state index contributed by atoms with van der Waals surface area (Å²) >= 11 is 0. The molecule has 10 heteroatoms. The number of hydrogen-bond donors (Lipinski definition) is 2. The number of nitrogens with zero attached hydrogens (tertiary/aromatic N) is 4. The summed E-state index contributed by atoms with van der Waals surface area (Å²) in [5, 5.41) is 14.0. The molecule has 2 aromatic heterocycles. The molecule has 40 heavy (non-hydrogen) atoms. The number of aliphatic hydroxyl groups is 1. The Morgan fingerprint density at radius 2 is 1.93 bits per heavy atom. The second-order valence-corrected chi connectivity index (χ2v) is 11.6. The third kappa shape index (κ3) is 5.02. The van der Waals surface area contributed by atoms with Crippen LogP contribution in [-0.4, -0.2) is 75.2 Å². The van der Waals surface area contributed by atoms with Crippen molar-refractivity contribution in [2.75, 3.05) is 31.7 Å². The molecule has 9 nitrogen and oxygen atoms in total. The molecule has 0 spiro atoms. The number of aromatic nitrogens is 3. The van der Waals surface area contributed by atoms with Gasteiger partial charge in [0.05, 0.1) is 43.7 Å². The topological polar surface area (TPSA) is 102 Å². The number of nitrogens with one attached hydrogen (secondary N) is 1. The number of hydrogen-bond acceptors (Lipinski definition) is 8. The maximum absolute atomic E-state index is 15.1. The quantitative estimate of drug-likeness (QED) is 0.477. The number of anilines is 1. The standard InChI is InChI=1S/C30H38FN5O4/c1-17(2)36-25-11-19(28-23(31)12-32-30(34-28)33-24-9-10-39-16-27(24)37)7-8-22(25)29(38)18(3)26(36)13-35-20-5-4-6-21(35)15-40-14-20/h7-8,11-12,17,20-21,24,27,37H,4-6,9-10,13-16H2,1-3H3,(H,32,33,34)/t20?,21?,24-,27-/m1/s1. The number of aliphatic hydroxyl groups excluding tert-OH is 1. The average molecular weight is 552 g/mol. The molecule has 3 fully saturated rings. The Labute approximate surface area is 233 Å². The molecule has 2 bridgehead atoms.